The van der Waals surface area contributed by atoms with Gasteiger partial charge in [-0.1, -0.05) is 55.5 Å². The van der Waals surface area contributed by atoms with Crippen molar-refractivity contribution in [2.75, 3.05) is 26.2 Å². The van der Waals surface area contributed by atoms with Crippen LogP contribution < -0.4 is 10.1 Å². The summed E-state index contributed by atoms with van der Waals surface area (Å²) < 4.78 is 5.82. The minimum atomic E-state index is -0.234. The first kappa shape index (κ1) is 23.0. The van der Waals surface area contributed by atoms with Crippen molar-refractivity contribution in [1.82, 2.24) is 15.2 Å². The van der Waals surface area contributed by atoms with E-state index in [4.69, 9.17) is 4.74 Å². The van der Waals surface area contributed by atoms with Crippen molar-refractivity contribution in [1.29, 1.82) is 0 Å². The number of rotatable bonds is 9. The number of carbonyl (C=O) groups is 1. The first-order valence-corrected chi connectivity index (χ1v) is 11.9. The second-order valence-electron chi connectivity index (χ2n) is 8.57. The Labute approximate surface area is 196 Å². The van der Waals surface area contributed by atoms with Crippen LogP contribution in [0, 0.1) is 5.92 Å². The van der Waals surface area contributed by atoms with Crippen LogP contribution in [-0.4, -0.2) is 42.0 Å². The molecule has 1 aliphatic rings. The van der Waals surface area contributed by atoms with Crippen LogP contribution in [0.2, 0.25) is 0 Å². The molecule has 1 aromatic heterocycles. The van der Waals surface area contributed by atoms with Crippen molar-refractivity contribution in [2.45, 2.75) is 32.2 Å². The lowest BCUT2D eigenvalue weighted by molar-refractivity contribution is -0.127. The standard InChI is InChI=1S/C28H33N3O2/c1-2-22-9-8-10-24(21-22)27(26-13-6-7-16-29-26)30-28(32)23-14-17-31(18-15-23)19-20-33-25-11-4-3-5-12-25/h3-13,16,21,23,27H,2,14-15,17-20H2,1H3,(H,30,32). The van der Waals surface area contributed by atoms with Crippen LogP contribution in [0.25, 0.3) is 0 Å². The third-order valence-electron chi connectivity index (χ3n) is 6.34. The van der Waals surface area contributed by atoms with Crippen LogP contribution in [0.3, 0.4) is 0 Å². The summed E-state index contributed by atoms with van der Waals surface area (Å²) in [6.45, 7) is 5.51. The molecule has 0 radical (unpaired) electrons. The monoisotopic (exact) mass is 443 g/mol. The Hall–Kier alpha value is -3.18. The third-order valence-corrected chi connectivity index (χ3v) is 6.34. The summed E-state index contributed by atoms with van der Waals surface area (Å²) in [7, 11) is 0. The zero-order valence-electron chi connectivity index (χ0n) is 19.3. The largest absolute Gasteiger partial charge is 0.492 e. The molecule has 0 aliphatic carbocycles. The minimum absolute atomic E-state index is 0.0249. The van der Waals surface area contributed by atoms with Crippen molar-refractivity contribution in [2.24, 2.45) is 5.92 Å². The second-order valence-corrected chi connectivity index (χ2v) is 8.57. The average Bonchev–Trinajstić information content (AvgIpc) is 2.88. The molecule has 1 aliphatic heterocycles. The van der Waals surface area contributed by atoms with E-state index in [9.17, 15) is 4.79 Å². The maximum atomic E-state index is 13.2. The number of hydrogen-bond acceptors (Lipinski definition) is 4. The van der Waals surface area contributed by atoms with Gasteiger partial charge in [0.05, 0.1) is 11.7 Å². The van der Waals surface area contributed by atoms with E-state index in [1.165, 1.54) is 5.56 Å². The Morgan fingerprint density at radius 2 is 1.85 bits per heavy atom. The lowest BCUT2D eigenvalue weighted by atomic mass is 9.94. The van der Waals surface area contributed by atoms with Crippen molar-refractivity contribution in [3.05, 3.63) is 95.8 Å². The number of carbonyl (C=O) groups excluding carboxylic acids is 1. The van der Waals surface area contributed by atoms with Gasteiger partial charge in [-0.05, 0) is 67.7 Å². The zero-order valence-corrected chi connectivity index (χ0v) is 19.3. The zero-order chi connectivity index (χ0) is 22.9. The van der Waals surface area contributed by atoms with Crippen LogP contribution >= 0.6 is 0 Å². The Morgan fingerprint density at radius 3 is 2.58 bits per heavy atom. The highest BCUT2D eigenvalue weighted by atomic mass is 16.5. The Balaban J connectivity index is 1.33. The number of hydrogen-bond donors (Lipinski definition) is 1. The maximum Gasteiger partial charge on any atom is 0.224 e. The molecule has 2 heterocycles. The fourth-order valence-corrected chi connectivity index (χ4v) is 4.36. The van der Waals surface area contributed by atoms with Gasteiger partial charge >= 0.3 is 0 Å². The van der Waals surface area contributed by atoms with Crippen LogP contribution in [0.15, 0.2) is 79.0 Å². The molecule has 2 aromatic carbocycles. The molecule has 0 saturated carbocycles. The second kappa shape index (κ2) is 11.6. The number of likely N-dealkylation sites (tertiary alicyclic amines) is 1. The van der Waals surface area contributed by atoms with E-state index in [-0.39, 0.29) is 17.9 Å². The van der Waals surface area contributed by atoms with Crippen LogP contribution in [0.4, 0.5) is 0 Å². The van der Waals surface area contributed by atoms with Gasteiger partial charge in [0.15, 0.2) is 0 Å². The Morgan fingerprint density at radius 1 is 1.06 bits per heavy atom. The van der Waals surface area contributed by atoms with E-state index < -0.39 is 0 Å². The number of aromatic nitrogens is 1. The van der Waals surface area contributed by atoms with Crippen LogP contribution in [0.5, 0.6) is 5.75 Å². The third kappa shape index (κ3) is 6.42. The van der Waals surface area contributed by atoms with E-state index in [1.807, 2.05) is 48.5 Å². The highest BCUT2D eigenvalue weighted by Gasteiger charge is 2.28. The molecule has 33 heavy (non-hydrogen) atoms. The van der Waals surface area contributed by atoms with Gasteiger partial charge in [0.25, 0.3) is 0 Å². The molecule has 5 nitrogen and oxygen atoms in total. The number of piperidine rings is 1. The van der Waals surface area contributed by atoms with Gasteiger partial charge in [-0.2, -0.15) is 0 Å². The molecule has 1 fully saturated rings. The summed E-state index contributed by atoms with van der Waals surface area (Å²) in [6.07, 6.45) is 4.47. The molecule has 1 atom stereocenters. The van der Waals surface area contributed by atoms with Gasteiger partial charge in [0.1, 0.15) is 12.4 Å². The smallest absolute Gasteiger partial charge is 0.224 e. The van der Waals surface area contributed by atoms with Gasteiger partial charge in [0, 0.05) is 18.7 Å². The summed E-state index contributed by atoms with van der Waals surface area (Å²) in [5, 5.41) is 3.31. The SMILES string of the molecule is CCc1cccc(C(NC(=O)C2CCN(CCOc3ccccc3)CC2)c2ccccn2)c1. The highest BCUT2D eigenvalue weighted by molar-refractivity contribution is 5.79. The molecule has 3 aromatic rings. The fourth-order valence-electron chi connectivity index (χ4n) is 4.36. The number of aryl methyl sites for hydroxylation is 1. The van der Waals surface area contributed by atoms with E-state index in [0.29, 0.717) is 6.61 Å². The summed E-state index contributed by atoms with van der Waals surface area (Å²) in [5.74, 6) is 1.05. The Kier molecular flexibility index (Phi) is 8.09. The number of amides is 1. The molecule has 1 unspecified atom stereocenters. The first-order chi connectivity index (χ1) is 16.2. The quantitative estimate of drug-likeness (QED) is 0.523. The molecule has 1 N–H and O–H groups in total. The molecule has 4 rings (SSSR count). The number of pyridine rings is 1. The van der Waals surface area contributed by atoms with Crippen molar-refractivity contribution in [3.8, 4) is 5.75 Å². The number of benzene rings is 2. The van der Waals surface area contributed by atoms with Gasteiger partial charge in [-0.25, -0.2) is 0 Å². The fraction of sp³-hybridized carbons (Fsp3) is 0.357. The van der Waals surface area contributed by atoms with E-state index in [1.54, 1.807) is 6.20 Å². The number of ether oxygens (including phenoxy) is 1. The molecule has 1 amide bonds. The maximum absolute atomic E-state index is 13.2. The topological polar surface area (TPSA) is 54.5 Å². The lowest BCUT2D eigenvalue weighted by Gasteiger charge is -2.32. The molecule has 0 bridgehead atoms. The Bertz CT molecular complexity index is 1000. The molecule has 0 spiro atoms. The van der Waals surface area contributed by atoms with Crippen molar-refractivity contribution >= 4 is 5.91 Å². The normalized spacial score (nSPS) is 15.7. The number of nitrogens with one attached hydrogen (secondary N) is 1. The van der Waals surface area contributed by atoms with Crippen LogP contribution in [-0.2, 0) is 11.2 Å². The molecule has 5 heteroatoms. The summed E-state index contributed by atoms with van der Waals surface area (Å²) in [5.41, 5.74) is 3.21. The lowest BCUT2D eigenvalue weighted by Crippen LogP contribution is -2.43. The predicted octanol–water partition coefficient (Wildman–Crippen LogP) is 4.64. The summed E-state index contributed by atoms with van der Waals surface area (Å²) in [6, 6.07) is 24.0. The van der Waals surface area contributed by atoms with Gasteiger partial charge in [-0.3, -0.25) is 14.7 Å². The molecule has 1 saturated heterocycles. The van der Waals surface area contributed by atoms with E-state index in [2.05, 4.69) is 46.4 Å². The van der Waals surface area contributed by atoms with Gasteiger partial charge in [-0.15, -0.1) is 0 Å². The molecule has 172 valence electrons. The van der Waals surface area contributed by atoms with E-state index in [0.717, 1.165) is 55.9 Å². The number of nitrogens with zero attached hydrogens (tertiary/aromatic N) is 2. The molecular formula is C28H33N3O2. The average molecular weight is 444 g/mol. The van der Waals surface area contributed by atoms with Crippen molar-refractivity contribution in [3.63, 3.8) is 0 Å². The predicted molar refractivity (Wildman–Crippen MR) is 131 cm³/mol. The van der Waals surface area contributed by atoms with Crippen LogP contribution in [0.1, 0.15) is 42.6 Å². The van der Waals surface area contributed by atoms with Crippen molar-refractivity contribution < 1.29 is 9.53 Å². The van der Waals surface area contributed by atoms with Gasteiger partial charge in [0.2, 0.25) is 5.91 Å². The highest BCUT2D eigenvalue weighted by Crippen LogP contribution is 2.24. The first-order valence-electron chi connectivity index (χ1n) is 11.9. The molecular weight excluding hydrogens is 410 g/mol. The minimum Gasteiger partial charge on any atom is -0.492 e. The summed E-state index contributed by atoms with van der Waals surface area (Å²) >= 11 is 0. The summed E-state index contributed by atoms with van der Waals surface area (Å²) in [4.78, 5) is 20.2. The van der Waals surface area contributed by atoms with E-state index >= 15 is 0 Å². The number of para-hydroxylation sites is 1. The van der Waals surface area contributed by atoms with Gasteiger partial charge < -0.3 is 10.1 Å².